The van der Waals surface area contributed by atoms with Gasteiger partial charge in [-0.3, -0.25) is 25.3 Å². The highest BCUT2D eigenvalue weighted by atomic mass is 16.6. The Morgan fingerprint density at radius 3 is 2.90 bits per heavy atom. The molecule has 1 saturated carbocycles. The predicted octanol–water partition coefficient (Wildman–Crippen LogP) is 1.24. The molecule has 1 aliphatic heterocycles. The van der Waals surface area contributed by atoms with E-state index in [0.717, 1.165) is 5.56 Å². The molecule has 5 atom stereocenters. The topological polar surface area (TPSA) is 148 Å². The Bertz CT molecular complexity index is 903. The molecule has 3 heterocycles. The van der Waals surface area contributed by atoms with Gasteiger partial charge in [0, 0.05) is 47.7 Å². The molecule has 160 valence electrons. The Morgan fingerprint density at radius 1 is 1.37 bits per heavy atom. The van der Waals surface area contributed by atoms with Crippen LogP contribution in [0.3, 0.4) is 0 Å². The molecule has 11 heteroatoms. The summed E-state index contributed by atoms with van der Waals surface area (Å²) in [6.07, 6.45) is 4.85. The summed E-state index contributed by atoms with van der Waals surface area (Å²) >= 11 is 0. The molecule has 1 saturated heterocycles. The van der Waals surface area contributed by atoms with E-state index in [9.17, 15) is 14.9 Å². The summed E-state index contributed by atoms with van der Waals surface area (Å²) in [7, 11) is 0. The van der Waals surface area contributed by atoms with Crippen LogP contribution in [0.2, 0.25) is 0 Å². The summed E-state index contributed by atoms with van der Waals surface area (Å²) in [6.45, 7) is 3.90. The molecule has 11 nitrogen and oxygen atoms in total. The Kier molecular flexibility index (Phi) is 5.73. The molecular formula is C19H25N7O4. The molecule has 2 fully saturated rings. The maximum Gasteiger partial charge on any atom is 0.249 e. The zero-order valence-corrected chi connectivity index (χ0v) is 16.8. The van der Waals surface area contributed by atoms with Crippen LogP contribution in [0.15, 0.2) is 29.0 Å². The van der Waals surface area contributed by atoms with E-state index < -0.39 is 18.1 Å². The van der Waals surface area contributed by atoms with E-state index >= 15 is 0 Å². The molecule has 2 aromatic heterocycles. The molecule has 1 amide bonds. The fraction of sp³-hybridized carbons (Fsp3) is 0.579. The summed E-state index contributed by atoms with van der Waals surface area (Å²) in [6, 6.07) is 2.02. The lowest BCUT2D eigenvalue weighted by atomic mass is 9.79. The second-order valence-corrected chi connectivity index (χ2v) is 8.22. The minimum absolute atomic E-state index is 0.000753. The summed E-state index contributed by atoms with van der Waals surface area (Å²) < 4.78 is 5.43. The van der Waals surface area contributed by atoms with E-state index in [-0.39, 0.29) is 28.7 Å². The van der Waals surface area contributed by atoms with Crippen LogP contribution in [-0.4, -0.2) is 44.1 Å². The molecule has 5 unspecified atom stereocenters. The van der Waals surface area contributed by atoms with Crippen molar-refractivity contribution in [1.82, 2.24) is 31.3 Å². The molecule has 0 spiro atoms. The van der Waals surface area contributed by atoms with Crippen LogP contribution >= 0.6 is 0 Å². The van der Waals surface area contributed by atoms with Crippen molar-refractivity contribution in [2.45, 2.75) is 57.3 Å². The normalized spacial score (nSPS) is 26.9. The van der Waals surface area contributed by atoms with Gasteiger partial charge in [0.15, 0.2) is 0 Å². The smallest absolute Gasteiger partial charge is 0.249 e. The number of carbonyl (C=O) groups excluding carboxylic acids is 1. The summed E-state index contributed by atoms with van der Waals surface area (Å²) in [5, 5.41) is 18.2. The number of carbonyl (C=O) groups is 1. The Hall–Kier alpha value is -2.92. The van der Waals surface area contributed by atoms with E-state index in [1.807, 2.05) is 19.9 Å². The first-order valence-electron chi connectivity index (χ1n) is 10.1. The number of aromatic nitrogens is 3. The van der Waals surface area contributed by atoms with Crippen molar-refractivity contribution in [3.8, 4) is 11.4 Å². The van der Waals surface area contributed by atoms with Crippen LogP contribution < -0.4 is 16.2 Å². The molecule has 0 aromatic carbocycles. The average molecular weight is 415 g/mol. The zero-order valence-electron chi connectivity index (χ0n) is 16.8. The number of nitro groups is 1. The zero-order chi connectivity index (χ0) is 21.3. The van der Waals surface area contributed by atoms with Gasteiger partial charge in [0.2, 0.25) is 23.7 Å². The predicted molar refractivity (Wildman–Crippen MR) is 105 cm³/mol. The fourth-order valence-electron chi connectivity index (χ4n) is 4.22. The first kappa shape index (κ1) is 20.4. The average Bonchev–Trinajstić information content (AvgIpc) is 3.39. The SMILES string of the molecule is CC(C)C(NC(=O)C1NNC2CCC([N+](=O)[O-])CC21)c1nc(-c2cccnc2)no1. The van der Waals surface area contributed by atoms with E-state index in [1.54, 1.807) is 18.5 Å². The van der Waals surface area contributed by atoms with Gasteiger partial charge in [0.25, 0.3) is 0 Å². The Morgan fingerprint density at radius 2 is 2.20 bits per heavy atom. The van der Waals surface area contributed by atoms with E-state index in [4.69, 9.17) is 4.52 Å². The molecule has 2 aliphatic rings. The minimum atomic E-state index is -0.609. The van der Waals surface area contributed by atoms with Gasteiger partial charge in [-0.1, -0.05) is 19.0 Å². The van der Waals surface area contributed by atoms with Crippen molar-refractivity contribution in [2.24, 2.45) is 11.8 Å². The van der Waals surface area contributed by atoms with Crippen LogP contribution in [0.4, 0.5) is 0 Å². The molecule has 0 bridgehead atoms. The first-order chi connectivity index (χ1) is 14.4. The van der Waals surface area contributed by atoms with Gasteiger partial charge in [-0.15, -0.1) is 0 Å². The third kappa shape index (κ3) is 4.03. The van der Waals surface area contributed by atoms with Gasteiger partial charge in [-0.25, -0.2) is 5.43 Å². The van der Waals surface area contributed by atoms with Crippen LogP contribution in [0.1, 0.15) is 45.0 Å². The first-order valence-corrected chi connectivity index (χ1v) is 10.1. The van der Waals surface area contributed by atoms with Crippen molar-refractivity contribution in [3.63, 3.8) is 0 Å². The number of nitrogens with one attached hydrogen (secondary N) is 3. The lowest BCUT2D eigenvalue weighted by Crippen LogP contribution is -2.48. The van der Waals surface area contributed by atoms with Gasteiger partial charge in [0.05, 0.1) is 0 Å². The number of hydrogen-bond acceptors (Lipinski definition) is 9. The molecular weight excluding hydrogens is 390 g/mol. The molecule has 1 aliphatic carbocycles. The van der Waals surface area contributed by atoms with Crippen LogP contribution in [0, 0.1) is 22.0 Å². The van der Waals surface area contributed by atoms with Crippen molar-refractivity contribution in [3.05, 3.63) is 40.5 Å². The van der Waals surface area contributed by atoms with E-state index in [0.29, 0.717) is 31.0 Å². The molecule has 0 radical (unpaired) electrons. The van der Waals surface area contributed by atoms with Gasteiger partial charge in [-0.05, 0) is 24.5 Å². The van der Waals surface area contributed by atoms with Crippen molar-refractivity contribution in [2.75, 3.05) is 0 Å². The van der Waals surface area contributed by atoms with Gasteiger partial charge in [0.1, 0.15) is 12.1 Å². The number of hydrazine groups is 1. The van der Waals surface area contributed by atoms with Crippen molar-refractivity contribution < 1.29 is 14.2 Å². The van der Waals surface area contributed by atoms with E-state index in [1.165, 1.54) is 0 Å². The fourth-order valence-corrected chi connectivity index (χ4v) is 4.22. The molecule has 30 heavy (non-hydrogen) atoms. The standard InChI is InChI=1S/C19H25N7O4/c1-10(2)15(19-22-17(25-30-19)11-4-3-7-20-9-11)21-18(27)16-13-8-12(26(28)29)5-6-14(13)23-24-16/h3-4,7,9-10,12-16,23-24H,5-6,8H2,1-2H3,(H,21,27). The minimum Gasteiger partial charge on any atom is -0.343 e. The van der Waals surface area contributed by atoms with Crippen molar-refractivity contribution in [1.29, 1.82) is 0 Å². The highest BCUT2D eigenvalue weighted by molar-refractivity contribution is 5.83. The monoisotopic (exact) mass is 415 g/mol. The van der Waals surface area contributed by atoms with Gasteiger partial charge < -0.3 is 9.84 Å². The third-order valence-corrected chi connectivity index (χ3v) is 5.90. The van der Waals surface area contributed by atoms with Crippen molar-refractivity contribution >= 4 is 5.91 Å². The lowest BCUT2D eigenvalue weighted by Gasteiger charge is -2.29. The van der Waals surface area contributed by atoms with Gasteiger partial charge >= 0.3 is 0 Å². The highest BCUT2D eigenvalue weighted by Gasteiger charge is 2.47. The Labute approximate surface area is 173 Å². The Balaban J connectivity index is 1.48. The number of nitrogens with zero attached hydrogens (tertiary/aromatic N) is 4. The number of pyridine rings is 1. The number of fused-ring (bicyclic) bond motifs is 1. The second kappa shape index (κ2) is 8.44. The van der Waals surface area contributed by atoms with Crippen LogP contribution in [0.25, 0.3) is 11.4 Å². The number of hydrogen-bond donors (Lipinski definition) is 3. The summed E-state index contributed by atoms with van der Waals surface area (Å²) in [5.41, 5.74) is 6.87. The van der Waals surface area contributed by atoms with E-state index in [2.05, 4.69) is 31.3 Å². The highest BCUT2D eigenvalue weighted by Crippen LogP contribution is 2.32. The van der Waals surface area contributed by atoms with Crippen LogP contribution in [0.5, 0.6) is 0 Å². The molecule has 4 rings (SSSR count). The second-order valence-electron chi connectivity index (χ2n) is 8.22. The summed E-state index contributed by atoms with van der Waals surface area (Å²) in [4.78, 5) is 32.5. The maximum absolute atomic E-state index is 13.1. The molecule has 2 aromatic rings. The third-order valence-electron chi connectivity index (χ3n) is 5.90. The maximum atomic E-state index is 13.1. The van der Waals surface area contributed by atoms with Gasteiger partial charge in [-0.2, -0.15) is 4.98 Å². The largest absolute Gasteiger partial charge is 0.343 e. The number of amides is 1. The lowest BCUT2D eigenvalue weighted by molar-refractivity contribution is -0.528. The number of rotatable bonds is 6. The summed E-state index contributed by atoms with van der Waals surface area (Å²) in [5.74, 6) is 0.333. The van der Waals surface area contributed by atoms with Crippen LogP contribution in [-0.2, 0) is 4.79 Å². The molecule has 3 N–H and O–H groups in total. The quantitative estimate of drug-likeness (QED) is 0.468.